The van der Waals surface area contributed by atoms with Crippen LogP contribution in [0.3, 0.4) is 0 Å². The van der Waals surface area contributed by atoms with E-state index >= 15 is 0 Å². The van der Waals surface area contributed by atoms with E-state index in [2.05, 4.69) is 15.2 Å². The molecule has 194 valence electrons. The van der Waals surface area contributed by atoms with Crippen LogP contribution in [-0.2, 0) is 16.0 Å². The van der Waals surface area contributed by atoms with Crippen molar-refractivity contribution >= 4 is 40.2 Å². The largest absolute Gasteiger partial charge is 0.497 e. The number of aromatic nitrogens is 1. The zero-order valence-corrected chi connectivity index (χ0v) is 21.5. The predicted octanol–water partition coefficient (Wildman–Crippen LogP) is 2.35. The van der Waals surface area contributed by atoms with E-state index in [4.69, 9.17) is 9.47 Å². The summed E-state index contributed by atoms with van der Waals surface area (Å²) in [4.78, 5) is 49.0. The number of hydrogen-bond donors (Lipinski definition) is 1. The minimum absolute atomic E-state index is 0.0264. The molecular formula is C24H32N6O5S. The van der Waals surface area contributed by atoms with Gasteiger partial charge in [0.1, 0.15) is 5.75 Å². The van der Waals surface area contributed by atoms with Gasteiger partial charge in [-0.3, -0.25) is 10.1 Å². The average molecular weight is 517 g/mol. The fourth-order valence-corrected chi connectivity index (χ4v) is 4.91. The first-order valence-corrected chi connectivity index (χ1v) is 12.9. The standard InChI is InChI=1S/C24H32N6O5S/c1-3-35-24(33)30-13-11-29(12-14-30)23(32)26-22-25-18(17-36-22)15-21(31)28-9-7-27(8-10-28)19-5-4-6-20(16-19)34-2/h4-6,16-17H,3,7-15H2,1-2H3,(H,25,26,32). The first kappa shape index (κ1) is 25.5. The molecule has 2 saturated heterocycles. The Hall–Kier alpha value is -3.54. The lowest BCUT2D eigenvalue weighted by Crippen LogP contribution is -2.51. The van der Waals surface area contributed by atoms with E-state index in [1.807, 2.05) is 29.2 Å². The molecule has 0 aliphatic carbocycles. The van der Waals surface area contributed by atoms with E-state index in [0.29, 0.717) is 56.7 Å². The van der Waals surface area contributed by atoms with E-state index in [-0.39, 0.29) is 24.5 Å². The lowest BCUT2D eigenvalue weighted by Gasteiger charge is -2.36. The van der Waals surface area contributed by atoms with Gasteiger partial charge in [0.15, 0.2) is 5.13 Å². The number of rotatable bonds is 6. The summed E-state index contributed by atoms with van der Waals surface area (Å²) in [6, 6.07) is 7.67. The third-order valence-corrected chi connectivity index (χ3v) is 7.05. The molecule has 4 rings (SSSR count). The van der Waals surface area contributed by atoms with Crippen molar-refractivity contribution in [3.05, 3.63) is 35.3 Å². The minimum atomic E-state index is -0.353. The highest BCUT2D eigenvalue weighted by molar-refractivity contribution is 7.13. The summed E-state index contributed by atoms with van der Waals surface area (Å²) in [6.45, 7) is 6.57. The maximum absolute atomic E-state index is 12.8. The van der Waals surface area contributed by atoms with E-state index in [1.54, 1.807) is 29.2 Å². The molecule has 0 atom stereocenters. The highest BCUT2D eigenvalue weighted by Crippen LogP contribution is 2.23. The van der Waals surface area contributed by atoms with E-state index in [0.717, 1.165) is 24.5 Å². The molecular weight excluding hydrogens is 484 g/mol. The third kappa shape index (κ3) is 6.36. The molecule has 2 aromatic rings. The van der Waals surface area contributed by atoms with Crippen molar-refractivity contribution in [2.45, 2.75) is 13.3 Å². The molecule has 1 aromatic heterocycles. The Bertz CT molecular complexity index is 1060. The Morgan fingerprint density at radius 1 is 1.00 bits per heavy atom. The highest BCUT2D eigenvalue weighted by Gasteiger charge is 2.26. The topological polar surface area (TPSA) is 108 Å². The fraction of sp³-hybridized carbons (Fsp3) is 0.500. The van der Waals surface area contributed by atoms with Gasteiger partial charge in [-0.1, -0.05) is 6.07 Å². The molecule has 11 nitrogen and oxygen atoms in total. The van der Waals surface area contributed by atoms with Gasteiger partial charge < -0.3 is 29.1 Å². The number of benzene rings is 1. The molecule has 3 heterocycles. The van der Waals surface area contributed by atoms with Gasteiger partial charge >= 0.3 is 12.1 Å². The maximum atomic E-state index is 12.8. The summed E-state index contributed by atoms with van der Waals surface area (Å²) < 4.78 is 10.3. The number of methoxy groups -OCH3 is 1. The Kier molecular flexibility index (Phi) is 8.47. The second-order valence-electron chi connectivity index (χ2n) is 8.49. The Balaban J connectivity index is 1.22. The van der Waals surface area contributed by atoms with Crippen molar-refractivity contribution < 1.29 is 23.9 Å². The summed E-state index contributed by atoms with van der Waals surface area (Å²) in [5.41, 5.74) is 1.73. The molecule has 1 aromatic carbocycles. The van der Waals surface area contributed by atoms with Crippen LogP contribution in [0, 0.1) is 0 Å². The van der Waals surface area contributed by atoms with Gasteiger partial charge in [0.2, 0.25) is 5.91 Å². The Morgan fingerprint density at radius 3 is 2.39 bits per heavy atom. The molecule has 36 heavy (non-hydrogen) atoms. The first-order chi connectivity index (χ1) is 17.5. The number of thiazole rings is 1. The van der Waals surface area contributed by atoms with Crippen LogP contribution in [0.1, 0.15) is 12.6 Å². The SMILES string of the molecule is CCOC(=O)N1CCN(C(=O)Nc2nc(CC(=O)N3CCN(c4cccc(OC)c4)CC3)cs2)CC1. The van der Waals surface area contributed by atoms with Crippen molar-refractivity contribution in [1.82, 2.24) is 19.7 Å². The second kappa shape index (κ2) is 11.9. The fourth-order valence-electron chi connectivity index (χ4n) is 4.21. The zero-order valence-electron chi connectivity index (χ0n) is 20.6. The van der Waals surface area contributed by atoms with E-state index in [1.165, 1.54) is 11.3 Å². The predicted molar refractivity (Wildman–Crippen MR) is 137 cm³/mol. The van der Waals surface area contributed by atoms with Crippen molar-refractivity contribution in [3.8, 4) is 5.75 Å². The van der Waals surface area contributed by atoms with Crippen LogP contribution in [0.4, 0.5) is 20.4 Å². The smallest absolute Gasteiger partial charge is 0.409 e. The number of amides is 4. The molecule has 2 aliphatic heterocycles. The quantitative estimate of drug-likeness (QED) is 0.628. The molecule has 0 bridgehead atoms. The lowest BCUT2D eigenvalue weighted by atomic mass is 10.2. The number of hydrogen-bond acceptors (Lipinski definition) is 8. The molecule has 0 radical (unpaired) electrons. The van der Waals surface area contributed by atoms with Crippen LogP contribution in [-0.4, -0.2) is 104 Å². The molecule has 0 unspecified atom stereocenters. The average Bonchev–Trinajstić information content (AvgIpc) is 3.35. The van der Waals surface area contributed by atoms with Gasteiger partial charge in [0, 0.05) is 69.5 Å². The molecule has 4 amide bonds. The van der Waals surface area contributed by atoms with Crippen molar-refractivity contribution in [2.75, 3.05) is 76.3 Å². The molecule has 12 heteroatoms. The van der Waals surface area contributed by atoms with Crippen molar-refractivity contribution in [2.24, 2.45) is 0 Å². The molecule has 1 N–H and O–H groups in total. The molecule has 0 spiro atoms. The zero-order chi connectivity index (χ0) is 25.5. The normalized spacial score (nSPS) is 16.1. The number of nitrogens with zero attached hydrogens (tertiary/aromatic N) is 5. The summed E-state index contributed by atoms with van der Waals surface area (Å²) in [7, 11) is 1.65. The second-order valence-corrected chi connectivity index (χ2v) is 9.35. The molecule has 0 saturated carbocycles. The van der Waals surface area contributed by atoms with Crippen LogP contribution in [0.5, 0.6) is 5.75 Å². The van der Waals surface area contributed by atoms with Crippen molar-refractivity contribution in [3.63, 3.8) is 0 Å². The van der Waals surface area contributed by atoms with Crippen LogP contribution >= 0.6 is 11.3 Å². The minimum Gasteiger partial charge on any atom is -0.497 e. The third-order valence-electron chi connectivity index (χ3n) is 6.24. The van der Waals surface area contributed by atoms with E-state index < -0.39 is 0 Å². The first-order valence-electron chi connectivity index (χ1n) is 12.1. The van der Waals surface area contributed by atoms with Crippen LogP contribution in [0.2, 0.25) is 0 Å². The number of piperazine rings is 2. The molecule has 2 fully saturated rings. The van der Waals surface area contributed by atoms with Gasteiger partial charge in [-0.15, -0.1) is 11.3 Å². The number of carbonyl (C=O) groups is 3. The lowest BCUT2D eigenvalue weighted by molar-refractivity contribution is -0.130. The summed E-state index contributed by atoms with van der Waals surface area (Å²) >= 11 is 1.30. The number of anilines is 2. The number of ether oxygens (including phenoxy) is 2. The summed E-state index contributed by atoms with van der Waals surface area (Å²) in [5, 5.41) is 5.07. The number of nitrogens with one attached hydrogen (secondary N) is 1. The monoisotopic (exact) mass is 516 g/mol. The van der Waals surface area contributed by atoms with Gasteiger partial charge in [-0.05, 0) is 19.1 Å². The Morgan fingerprint density at radius 2 is 1.69 bits per heavy atom. The number of urea groups is 1. The van der Waals surface area contributed by atoms with Gasteiger partial charge in [0.25, 0.3) is 0 Å². The molecule has 2 aliphatic rings. The van der Waals surface area contributed by atoms with Gasteiger partial charge in [0.05, 0.1) is 25.8 Å². The van der Waals surface area contributed by atoms with Crippen molar-refractivity contribution in [1.29, 1.82) is 0 Å². The van der Waals surface area contributed by atoms with Crippen LogP contribution < -0.4 is 15.0 Å². The maximum Gasteiger partial charge on any atom is 0.409 e. The highest BCUT2D eigenvalue weighted by atomic mass is 32.1. The van der Waals surface area contributed by atoms with E-state index in [9.17, 15) is 14.4 Å². The van der Waals surface area contributed by atoms with Crippen LogP contribution in [0.15, 0.2) is 29.6 Å². The summed E-state index contributed by atoms with van der Waals surface area (Å²) in [5.74, 6) is 0.843. The van der Waals surface area contributed by atoms with Gasteiger partial charge in [-0.2, -0.15) is 0 Å². The summed E-state index contributed by atoms with van der Waals surface area (Å²) in [6.07, 6.45) is -0.155. The Labute approximate surface area is 214 Å². The van der Waals surface area contributed by atoms with Gasteiger partial charge in [-0.25, -0.2) is 14.6 Å². The number of carbonyl (C=O) groups excluding carboxylic acids is 3. The van der Waals surface area contributed by atoms with Crippen LogP contribution in [0.25, 0.3) is 0 Å².